The summed E-state index contributed by atoms with van der Waals surface area (Å²) in [5.41, 5.74) is 2.17. The Morgan fingerprint density at radius 3 is 2.85 bits per heavy atom. The summed E-state index contributed by atoms with van der Waals surface area (Å²) < 4.78 is 21.3. The molecule has 0 fully saturated rings. The van der Waals surface area contributed by atoms with Crippen LogP contribution in [0, 0.1) is 5.82 Å². The molecule has 26 heavy (non-hydrogen) atoms. The van der Waals surface area contributed by atoms with Crippen molar-refractivity contribution in [1.82, 2.24) is 19.8 Å². The summed E-state index contributed by atoms with van der Waals surface area (Å²) >= 11 is 0. The van der Waals surface area contributed by atoms with Gasteiger partial charge in [-0.05, 0) is 32.0 Å². The van der Waals surface area contributed by atoms with Gasteiger partial charge >= 0.3 is 0 Å². The predicted molar refractivity (Wildman–Crippen MR) is 93.0 cm³/mol. The fourth-order valence-electron chi connectivity index (χ4n) is 3.30. The largest absolute Gasteiger partial charge is 0.360 e. The Labute approximate surface area is 150 Å². The van der Waals surface area contributed by atoms with Crippen molar-refractivity contribution in [3.05, 3.63) is 59.4 Å². The van der Waals surface area contributed by atoms with Crippen molar-refractivity contribution in [3.63, 3.8) is 0 Å². The van der Waals surface area contributed by atoms with Gasteiger partial charge < -0.3 is 9.42 Å². The fraction of sp³-hybridized carbons (Fsp3) is 0.316. The molecule has 0 N–H and O–H groups in total. The summed E-state index contributed by atoms with van der Waals surface area (Å²) in [6, 6.07) is 8.27. The first kappa shape index (κ1) is 16.5. The van der Waals surface area contributed by atoms with Crippen molar-refractivity contribution < 1.29 is 13.7 Å². The van der Waals surface area contributed by atoms with Crippen LogP contribution in [0.3, 0.4) is 0 Å². The number of benzene rings is 1. The second-order valence-corrected chi connectivity index (χ2v) is 6.64. The molecule has 1 aliphatic heterocycles. The third kappa shape index (κ3) is 2.69. The molecule has 0 aliphatic carbocycles. The van der Waals surface area contributed by atoms with Crippen LogP contribution in [0.5, 0.6) is 0 Å². The zero-order valence-electron chi connectivity index (χ0n) is 14.6. The number of hydrogen-bond donors (Lipinski definition) is 0. The molecule has 0 atom stereocenters. The maximum atomic E-state index is 14.2. The van der Waals surface area contributed by atoms with E-state index in [9.17, 15) is 9.18 Å². The Morgan fingerprint density at radius 1 is 1.27 bits per heavy atom. The number of amides is 1. The number of rotatable bonds is 3. The second kappa shape index (κ2) is 6.40. The molecule has 134 valence electrons. The highest BCUT2D eigenvalue weighted by atomic mass is 19.1. The molecule has 3 heterocycles. The van der Waals surface area contributed by atoms with E-state index in [1.54, 1.807) is 40.0 Å². The zero-order chi connectivity index (χ0) is 18.3. The van der Waals surface area contributed by atoms with Crippen LogP contribution in [0.4, 0.5) is 4.39 Å². The van der Waals surface area contributed by atoms with Gasteiger partial charge in [-0.15, -0.1) is 0 Å². The van der Waals surface area contributed by atoms with Crippen LogP contribution in [-0.4, -0.2) is 32.3 Å². The van der Waals surface area contributed by atoms with Gasteiger partial charge in [0, 0.05) is 36.3 Å². The van der Waals surface area contributed by atoms with E-state index in [1.165, 1.54) is 6.07 Å². The van der Waals surface area contributed by atoms with Gasteiger partial charge in [0.15, 0.2) is 0 Å². The highest BCUT2D eigenvalue weighted by Gasteiger charge is 2.30. The molecule has 0 bridgehead atoms. The first-order chi connectivity index (χ1) is 12.6. The minimum Gasteiger partial charge on any atom is -0.360 e. The number of hydrogen-bond acceptors (Lipinski definition) is 4. The minimum atomic E-state index is -0.357. The molecular formula is C19H19FN4O2. The molecule has 4 rings (SSSR count). The van der Waals surface area contributed by atoms with E-state index in [4.69, 9.17) is 4.52 Å². The van der Waals surface area contributed by atoms with E-state index in [1.807, 2.05) is 13.8 Å². The van der Waals surface area contributed by atoms with Gasteiger partial charge in [0.25, 0.3) is 5.91 Å². The molecule has 6 nitrogen and oxygen atoms in total. The number of halogens is 1. The first-order valence-electron chi connectivity index (χ1n) is 8.61. The van der Waals surface area contributed by atoms with Gasteiger partial charge in [-0.3, -0.25) is 9.48 Å². The maximum Gasteiger partial charge on any atom is 0.272 e. The van der Waals surface area contributed by atoms with Crippen molar-refractivity contribution in [2.45, 2.75) is 32.9 Å². The lowest BCUT2D eigenvalue weighted by Gasteiger charge is -2.27. The molecule has 1 aliphatic rings. The van der Waals surface area contributed by atoms with Crippen LogP contribution >= 0.6 is 0 Å². The third-order valence-electron chi connectivity index (χ3n) is 4.62. The Kier molecular flexibility index (Phi) is 4.06. The average molecular weight is 354 g/mol. The molecule has 1 amide bonds. The number of nitrogens with zero attached hydrogens (tertiary/aromatic N) is 4. The lowest BCUT2D eigenvalue weighted by atomic mass is 10.0. The maximum absolute atomic E-state index is 14.2. The van der Waals surface area contributed by atoms with Crippen LogP contribution in [0.2, 0.25) is 0 Å². The lowest BCUT2D eigenvalue weighted by molar-refractivity contribution is 0.0714. The number of carbonyl (C=O) groups is 1. The molecule has 1 aromatic carbocycles. The summed E-state index contributed by atoms with van der Waals surface area (Å²) in [4.78, 5) is 14.7. The Morgan fingerprint density at radius 2 is 2.08 bits per heavy atom. The molecule has 0 spiro atoms. The first-order valence-corrected chi connectivity index (χ1v) is 8.61. The summed E-state index contributed by atoms with van der Waals surface area (Å²) in [6.07, 6.45) is 2.19. The van der Waals surface area contributed by atoms with Crippen molar-refractivity contribution in [3.8, 4) is 11.3 Å². The molecule has 0 saturated heterocycles. The fourth-order valence-corrected chi connectivity index (χ4v) is 3.30. The van der Waals surface area contributed by atoms with Crippen LogP contribution in [0.25, 0.3) is 11.3 Å². The lowest BCUT2D eigenvalue weighted by Crippen LogP contribution is -2.37. The van der Waals surface area contributed by atoms with Crippen LogP contribution < -0.4 is 0 Å². The SMILES string of the molecule is CC(C)n1nccc1C(=O)N1CCc2onc(-c3ccccc3F)c2C1. The van der Waals surface area contributed by atoms with Crippen LogP contribution in [-0.2, 0) is 13.0 Å². The Bertz CT molecular complexity index is 960. The number of carbonyl (C=O) groups excluding carboxylic acids is 1. The number of fused-ring (bicyclic) bond motifs is 1. The molecule has 7 heteroatoms. The summed E-state index contributed by atoms with van der Waals surface area (Å²) in [7, 11) is 0. The standard InChI is InChI=1S/C19H19FN4O2/c1-12(2)24-16(7-9-21-24)19(25)23-10-8-17-14(11-23)18(22-26-17)13-5-3-4-6-15(13)20/h3-7,9,12H,8,10-11H2,1-2H3. The second-order valence-electron chi connectivity index (χ2n) is 6.64. The molecule has 3 aromatic rings. The topological polar surface area (TPSA) is 64.2 Å². The van der Waals surface area contributed by atoms with Gasteiger partial charge in [-0.1, -0.05) is 17.3 Å². The van der Waals surface area contributed by atoms with Crippen molar-refractivity contribution in [2.24, 2.45) is 0 Å². The molecule has 0 unspecified atom stereocenters. The molecule has 2 aromatic heterocycles. The van der Waals surface area contributed by atoms with Crippen molar-refractivity contribution in [1.29, 1.82) is 0 Å². The smallest absolute Gasteiger partial charge is 0.272 e. The quantitative estimate of drug-likeness (QED) is 0.723. The third-order valence-corrected chi connectivity index (χ3v) is 4.62. The average Bonchev–Trinajstić information content (AvgIpc) is 3.28. The summed E-state index contributed by atoms with van der Waals surface area (Å²) in [6.45, 7) is 4.83. The van der Waals surface area contributed by atoms with E-state index < -0.39 is 0 Å². The molecule has 0 radical (unpaired) electrons. The highest BCUT2D eigenvalue weighted by molar-refractivity contribution is 5.92. The van der Waals surface area contributed by atoms with E-state index in [-0.39, 0.29) is 17.8 Å². The summed E-state index contributed by atoms with van der Waals surface area (Å²) in [5, 5.41) is 8.29. The van der Waals surface area contributed by atoms with Crippen LogP contribution in [0.15, 0.2) is 41.1 Å². The molecule has 0 saturated carbocycles. The summed E-state index contributed by atoms with van der Waals surface area (Å²) in [5.74, 6) is 0.261. The van der Waals surface area contributed by atoms with Gasteiger partial charge in [-0.25, -0.2) is 4.39 Å². The Hall–Kier alpha value is -2.96. The van der Waals surface area contributed by atoms with Gasteiger partial charge in [0.2, 0.25) is 0 Å². The van der Waals surface area contributed by atoms with E-state index in [0.29, 0.717) is 42.2 Å². The van der Waals surface area contributed by atoms with Crippen molar-refractivity contribution >= 4 is 5.91 Å². The predicted octanol–water partition coefficient (Wildman–Crippen LogP) is 3.46. The van der Waals surface area contributed by atoms with E-state index >= 15 is 0 Å². The van der Waals surface area contributed by atoms with E-state index in [2.05, 4.69) is 10.3 Å². The normalized spacial score (nSPS) is 13.9. The van der Waals surface area contributed by atoms with Crippen molar-refractivity contribution in [2.75, 3.05) is 6.54 Å². The van der Waals surface area contributed by atoms with Crippen LogP contribution in [0.1, 0.15) is 41.7 Å². The van der Waals surface area contributed by atoms with Gasteiger partial charge in [0.05, 0.1) is 6.54 Å². The Balaban J connectivity index is 1.66. The number of aromatic nitrogens is 3. The molecular weight excluding hydrogens is 335 g/mol. The zero-order valence-corrected chi connectivity index (χ0v) is 14.6. The van der Waals surface area contributed by atoms with Gasteiger partial charge in [-0.2, -0.15) is 5.10 Å². The highest BCUT2D eigenvalue weighted by Crippen LogP contribution is 2.31. The monoisotopic (exact) mass is 354 g/mol. The minimum absolute atomic E-state index is 0.0915. The van der Waals surface area contributed by atoms with Gasteiger partial charge in [0.1, 0.15) is 23.0 Å². The van der Waals surface area contributed by atoms with E-state index in [0.717, 1.165) is 5.56 Å².